The molecule has 0 heterocycles. The van der Waals surface area contributed by atoms with E-state index in [4.69, 9.17) is 0 Å². The van der Waals surface area contributed by atoms with Crippen molar-refractivity contribution in [2.75, 3.05) is 6.54 Å². The number of carbonyl (C=O) groups is 1. The molecule has 2 fully saturated rings. The standard InChI is InChI=1S/C15H17BrN2O3/c16-14-12(2-1-3-13(14)18(20)21)15(19)17-8-11-7-9-4-5-10(11)6-9/h1-3,9-11H,4-8H2,(H,17,19). The van der Waals surface area contributed by atoms with Gasteiger partial charge in [-0.2, -0.15) is 0 Å². The summed E-state index contributed by atoms with van der Waals surface area (Å²) in [6.07, 6.45) is 5.14. The van der Waals surface area contributed by atoms with Crippen LogP contribution in [0.15, 0.2) is 22.7 Å². The Balaban J connectivity index is 1.66. The van der Waals surface area contributed by atoms with Crippen molar-refractivity contribution in [2.24, 2.45) is 17.8 Å². The molecule has 2 aliphatic carbocycles. The number of nitrogens with one attached hydrogen (secondary N) is 1. The van der Waals surface area contributed by atoms with Gasteiger partial charge in [0.05, 0.1) is 10.5 Å². The van der Waals surface area contributed by atoms with Crippen molar-refractivity contribution in [3.05, 3.63) is 38.3 Å². The second-order valence-electron chi connectivity index (χ2n) is 6.04. The average molecular weight is 353 g/mol. The molecule has 1 amide bonds. The summed E-state index contributed by atoms with van der Waals surface area (Å²) < 4.78 is 0.250. The van der Waals surface area contributed by atoms with Crippen molar-refractivity contribution in [1.29, 1.82) is 0 Å². The van der Waals surface area contributed by atoms with Crippen molar-refractivity contribution in [3.63, 3.8) is 0 Å². The summed E-state index contributed by atoms with van der Waals surface area (Å²) in [5, 5.41) is 13.8. The third-order valence-corrected chi connectivity index (χ3v) is 5.66. The molecule has 3 rings (SSSR count). The average Bonchev–Trinajstić information content (AvgIpc) is 3.07. The fourth-order valence-electron chi connectivity index (χ4n) is 3.78. The molecule has 5 nitrogen and oxygen atoms in total. The highest BCUT2D eigenvalue weighted by Gasteiger charge is 2.39. The summed E-state index contributed by atoms with van der Waals surface area (Å²) in [7, 11) is 0. The van der Waals surface area contributed by atoms with E-state index in [1.165, 1.54) is 37.8 Å². The number of nitro groups is 1. The molecule has 0 spiro atoms. The number of nitro benzene ring substituents is 1. The highest BCUT2D eigenvalue weighted by molar-refractivity contribution is 9.10. The Morgan fingerprint density at radius 3 is 2.81 bits per heavy atom. The Morgan fingerprint density at radius 2 is 2.19 bits per heavy atom. The van der Waals surface area contributed by atoms with Crippen molar-refractivity contribution in [1.82, 2.24) is 5.32 Å². The van der Waals surface area contributed by atoms with Crippen molar-refractivity contribution >= 4 is 27.5 Å². The van der Waals surface area contributed by atoms with Crippen LogP contribution < -0.4 is 5.32 Å². The van der Waals surface area contributed by atoms with Crippen LogP contribution in [0, 0.1) is 27.9 Å². The lowest BCUT2D eigenvalue weighted by atomic mass is 9.89. The van der Waals surface area contributed by atoms with Gasteiger partial charge in [0.15, 0.2) is 0 Å². The van der Waals surface area contributed by atoms with E-state index in [-0.39, 0.29) is 16.1 Å². The molecule has 0 aromatic heterocycles. The number of halogens is 1. The number of hydrogen-bond acceptors (Lipinski definition) is 3. The number of fused-ring (bicyclic) bond motifs is 2. The second-order valence-corrected chi connectivity index (χ2v) is 6.83. The van der Waals surface area contributed by atoms with E-state index in [1.54, 1.807) is 6.07 Å². The molecule has 3 atom stereocenters. The smallest absolute Gasteiger partial charge is 0.284 e. The molecule has 2 saturated carbocycles. The Bertz CT molecular complexity index is 590. The first-order valence-corrected chi connectivity index (χ1v) is 8.06. The zero-order valence-corrected chi connectivity index (χ0v) is 13.1. The molecule has 1 N–H and O–H groups in total. The predicted molar refractivity (Wildman–Crippen MR) is 82.1 cm³/mol. The third kappa shape index (κ3) is 2.81. The number of nitrogens with zero attached hydrogens (tertiary/aromatic N) is 1. The van der Waals surface area contributed by atoms with Gasteiger partial charge in [-0.15, -0.1) is 0 Å². The molecule has 112 valence electrons. The van der Waals surface area contributed by atoms with Gasteiger partial charge in [-0.25, -0.2) is 0 Å². The van der Waals surface area contributed by atoms with Crippen LogP contribution in [-0.2, 0) is 0 Å². The van der Waals surface area contributed by atoms with Crippen LogP contribution in [0.2, 0.25) is 0 Å². The first-order valence-electron chi connectivity index (χ1n) is 7.27. The minimum Gasteiger partial charge on any atom is -0.352 e. The zero-order valence-electron chi connectivity index (χ0n) is 11.5. The van der Waals surface area contributed by atoms with Crippen molar-refractivity contribution in [2.45, 2.75) is 25.7 Å². The SMILES string of the molecule is O=C(NCC1CC2CCC1C2)c1cccc([N+](=O)[O-])c1Br. The number of rotatable bonds is 4. The fraction of sp³-hybridized carbons (Fsp3) is 0.533. The molecule has 0 aliphatic heterocycles. The van der Waals surface area contributed by atoms with E-state index in [0.717, 1.165) is 11.8 Å². The first kappa shape index (κ1) is 14.5. The number of hydrogen-bond donors (Lipinski definition) is 1. The third-order valence-electron chi connectivity index (χ3n) is 4.83. The van der Waals surface area contributed by atoms with Crippen molar-refractivity contribution < 1.29 is 9.72 Å². The van der Waals surface area contributed by atoms with Gasteiger partial charge >= 0.3 is 0 Å². The summed E-state index contributed by atoms with van der Waals surface area (Å²) in [4.78, 5) is 22.6. The minimum absolute atomic E-state index is 0.0810. The van der Waals surface area contributed by atoms with E-state index in [2.05, 4.69) is 21.2 Å². The van der Waals surface area contributed by atoms with E-state index < -0.39 is 4.92 Å². The summed E-state index contributed by atoms with van der Waals surface area (Å²) in [6, 6.07) is 4.53. The van der Waals surface area contributed by atoms with Crippen LogP contribution in [0.25, 0.3) is 0 Å². The normalized spacial score (nSPS) is 26.8. The van der Waals surface area contributed by atoms with Gasteiger partial charge in [-0.1, -0.05) is 12.5 Å². The van der Waals surface area contributed by atoms with Gasteiger partial charge in [-0.3, -0.25) is 14.9 Å². The predicted octanol–water partition coefficient (Wildman–Crippen LogP) is 3.52. The topological polar surface area (TPSA) is 72.2 Å². The Kier molecular flexibility index (Phi) is 3.97. The Hall–Kier alpha value is -1.43. The summed E-state index contributed by atoms with van der Waals surface area (Å²) >= 11 is 3.17. The van der Waals surface area contributed by atoms with Gasteiger partial charge in [0.1, 0.15) is 4.47 Å². The van der Waals surface area contributed by atoms with Crippen LogP contribution in [0.5, 0.6) is 0 Å². The lowest BCUT2D eigenvalue weighted by Gasteiger charge is -2.21. The van der Waals surface area contributed by atoms with Crippen LogP contribution in [0.1, 0.15) is 36.0 Å². The Labute approximate surface area is 131 Å². The molecule has 2 aliphatic rings. The quantitative estimate of drug-likeness (QED) is 0.665. The van der Waals surface area contributed by atoms with Gasteiger partial charge in [0.25, 0.3) is 11.6 Å². The molecule has 1 aromatic rings. The molecule has 1 aromatic carbocycles. The van der Waals surface area contributed by atoms with Gasteiger partial charge in [-0.05, 0) is 59.0 Å². The Morgan fingerprint density at radius 1 is 1.38 bits per heavy atom. The van der Waals surface area contributed by atoms with Gasteiger partial charge in [0.2, 0.25) is 0 Å². The van der Waals surface area contributed by atoms with Crippen LogP contribution in [-0.4, -0.2) is 17.4 Å². The lowest BCUT2D eigenvalue weighted by molar-refractivity contribution is -0.385. The van der Waals surface area contributed by atoms with Gasteiger partial charge < -0.3 is 5.32 Å². The fourth-order valence-corrected chi connectivity index (χ4v) is 4.37. The minimum atomic E-state index is -0.489. The van der Waals surface area contributed by atoms with Crippen molar-refractivity contribution in [3.8, 4) is 0 Å². The molecule has 6 heteroatoms. The summed E-state index contributed by atoms with van der Waals surface area (Å²) in [5.41, 5.74) is 0.245. The maximum atomic E-state index is 12.2. The number of carbonyl (C=O) groups excluding carboxylic acids is 1. The molecule has 3 unspecified atom stereocenters. The summed E-state index contributed by atoms with van der Waals surface area (Å²) in [5.74, 6) is 1.93. The van der Waals surface area contributed by atoms with E-state index >= 15 is 0 Å². The lowest BCUT2D eigenvalue weighted by Crippen LogP contribution is -2.31. The molecular weight excluding hydrogens is 336 g/mol. The number of benzene rings is 1. The highest BCUT2D eigenvalue weighted by atomic mass is 79.9. The molecule has 21 heavy (non-hydrogen) atoms. The molecule has 0 saturated heterocycles. The molecule has 2 bridgehead atoms. The molecule has 0 radical (unpaired) electrons. The van der Waals surface area contributed by atoms with E-state index in [1.807, 2.05) is 0 Å². The highest BCUT2D eigenvalue weighted by Crippen LogP contribution is 2.47. The monoisotopic (exact) mass is 352 g/mol. The maximum absolute atomic E-state index is 12.2. The molecular formula is C15H17BrN2O3. The van der Waals surface area contributed by atoms with E-state index in [9.17, 15) is 14.9 Å². The second kappa shape index (κ2) is 5.75. The van der Waals surface area contributed by atoms with Crippen LogP contribution in [0.3, 0.4) is 0 Å². The first-order chi connectivity index (χ1) is 10.1. The maximum Gasteiger partial charge on any atom is 0.284 e. The largest absolute Gasteiger partial charge is 0.352 e. The van der Waals surface area contributed by atoms with Crippen LogP contribution in [0.4, 0.5) is 5.69 Å². The van der Waals surface area contributed by atoms with Crippen LogP contribution >= 0.6 is 15.9 Å². The zero-order chi connectivity index (χ0) is 15.0. The summed E-state index contributed by atoms with van der Waals surface area (Å²) in [6.45, 7) is 0.676. The number of amides is 1. The van der Waals surface area contributed by atoms with E-state index in [0.29, 0.717) is 18.0 Å². The van der Waals surface area contributed by atoms with Gasteiger partial charge in [0, 0.05) is 12.6 Å².